The average Bonchev–Trinajstić information content (AvgIpc) is 3.28. The van der Waals surface area contributed by atoms with Crippen LogP contribution < -0.4 is 14.8 Å². The van der Waals surface area contributed by atoms with Crippen LogP contribution in [0.1, 0.15) is 55.7 Å². The third-order valence-electron chi connectivity index (χ3n) is 5.67. The van der Waals surface area contributed by atoms with Crippen LogP contribution in [0, 0.1) is 0 Å². The summed E-state index contributed by atoms with van der Waals surface area (Å²) in [5, 5.41) is 3.02. The molecule has 1 fully saturated rings. The van der Waals surface area contributed by atoms with E-state index < -0.39 is 5.60 Å². The highest BCUT2D eigenvalue weighted by Crippen LogP contribution is 2.28. The summed E-state index contributed by atoms with van der Waals surface area (Å²) in [4.78, 5) is 26.9. The Labute approximate surface area is 195 Å². The standard InChI is InChI=1S/C25H35N3O5/c1-25(2,3)33-24(30)27-15-11-19(12-16-27)28-14-6-7-20(28)23(29)26-13-10-18-8-9-21(31-4)22(17-18)32-5/h6-9,14,17,19H,10-13,15-16H2,1-5H3,(H,26,29). The number of nitrogens with one attached hydrogen (secondary N) is 1. The number of nitrogens with zero attached hydrogens (tertiary/aromatic N) is 2. The lowest BCUT2D eigenvalue weighted by atomic mass is 10.0. The lowest BCUT2D eigenvalue weighted by molar-refractivity contribution is 0.0187. The molecule has 33 heavy (non-hydrogen) atoms. The fourth-order valence-electron chi connectivity index (χ4n) is 4.00. The first-order valence-corrected chi connectivity index (χ1v) is 11.4. The van der Waals surface area contributed by atoms with Crippen LogP contribution in [0.3, 0.4) is 0 Å². The van der Waals surface area contributed by atoms with Gasteiger partial charge in [-0.15, -0.1) is 0 Å². The zero-order valence-corrected chi connectivity index (χ0v) is 20.2. The summed E-state index contributed by atoms with van der Waals surface area (Å²) in [5.41, 5.74) is 1.19. The minimum atomic E-state index is -0.503. The zero-order valence-electron chi connectivity index (χ0n) is 20.2. The van der Waals surface area contributed by atoms with Gasteiger partial charge in [0.1, 0.15) is 11.3 Å². The van der Waals surface area contributed by atoms with E-state index in [0.717, 1.165) is 18.4 Å². The molecule has 0 radical (unpaired) electrons. The Hall–Kier alpha value is -3.16. The first-order chi connectivity index (χ1) is 15.7. The number of piperidine rings is 1. The molecule has 0 spiro atoms. The van der Waals surface area contributed by atoms with E-state index >= 15 is 0 Å². The van der Waals surface area contributed by atoms with Gasteiger partial charge in [-0.25, -0.2) is 4.79 Å². The number of rotatable bonds is 7. The summed E-state index contributed by atoms with van der Waals surface area (Å²) in [6.45, 7) is 7.33. The Morgan fingerprint density at radius 1 is 1.06 bits per heavy atom. The number of amides is 2. The molecule has 8 nitrogen and oxygen atoms in total. The highest BCUT2D eigenvalue weighted by atomic mass is 16.6. The molecule has 180 valence electrons. The van der Waals surface area contributed by atoms with Crippen molar-refractivity contribution in [1.29, 1.82) is 0 Å². The van der Waals surface area contributed by atoms with Gasteiger partial charge in [-0.1, -0.05) is 6.07 Å². The van der Waals surface area contributed by atoms with Crippen molar-refractivity contribution in [3.8, 4) is 11.5 Å². The fraction of sp³-hybridized carbons (Fsp3) is 0.520. The molecule has 0 unspecified atom stereocenters. The second-order valence-electron chi connectivity index (χ2n) is 9.19. The van der Waals surface area contributed by atoms with Gasteiger partial charge in [0.25, 0.3) is 5.91 Å². The molecule has 1 saturated heterocycles. The summed E-state index contributed by atoms with van der Waals surface area (Å²) < 4.78 is 18.1. The first kappa shape index (κ1) is 24.5. The van der Waals surface area contributed by atoms with Crippen molar-refractivity contribution in [2.24, 2.45) is 0 Å². The van der Waals surface area contributed by atoms with Gasteiger partial charge in [0.15, 0.2) is 11.5 Å². The van der Waals surface area contributed by atoms with Crippen molar-refractivity contribution < 1.29 is 23.8 Å². The lowest BCUT2D eigenvalue weighted by Gasteiger charge is -2.34. The average molecular weight is 458 g/mol. The van der Waals surface area contributed by atoms with Crippen molar-refractivity contribution in [1.82, 2.24) is 14.8 Å². The molecule has 3 rings (SSSR count). The number of hydrogen-bond donors (Lipinski definition) is 1. The van der Waals surface area contributed by atoms with E-state index in [-0.39, 0.29) is 18.0 Å². The number of aromatic nitrogens is 1. The molecule has 1 aliphatic heterocycles. The maximum Gasteiger partial charge on any atom is 0.410 e. The molecule has 1 aromatic heterocycles. The molecule has 2 amide bonds. The molecular formula is C25H35N3O5. The second kappa shape index (κ2) is 10.6. The molecular weight excluding hydrogens is 422 g/mol. The zero-order chi connectivity index (χ0) is 24.0. The van der Waals surface area contributed by atoms with Crippen LogP contribution in [-0.4, -0.2) is 60.9 Å². The maximum absolute atomic E-state index is 12.9. The molecule has 2 aromatic rings. The van der Waals surface area contributed by atoms with Gasteiger partial charge in [0.05, 0.1) is 14.2 Å². The van der Waals surface area contributed by atoms with Crippen molar-refractivity contribution in [3.63, 3.8) is 0 Å². The molecule has 0 atom stereocenters. The number of carbonyl (C=O) groups excluding carboxylic acids is 2. The lowest BCUT2D eigenvalue weighted by Crippen LogP contribution is -2.42. The van der Waals surface area contributed by atoms with Crippen LogP contribution in [0.2, 0.25) is 0 Å². The number of methoxy groups -OCH3 is 2. The molecule has 8 heteroatoms. The van der Waals surface area contributed by atoms with Crippen molar-refractivity contribution in [2.45, 2.75) is 51.7 Å². The molecule has 1 aliphatic rings. The SMILES string of the molecule is COc1ccc(CCNC(=O)c2cccn2C2CCN(C(=O)OC(C)(C)C)CC2)cc1OC. The van der Waals surface area contributed by atoms with Gasteiger partial charge in [-0.3, -0.25) is 4.79 Å². The summed E-state index contributed by atoms with van der Waals surface area (Å²) in [6, 6.07) is 9.66. The third-order valence-corrected chi connectivity index (χ3v) is 5.67. The Bertz CT molecular complexity index is 955. The Kier molecular flexibility index (Phi) is 7.89. The Balaban J connectivity index is 1.53. The molecule has 0 aliphatic carbocycles. The Morgan fingerprint density at radius 2 is 1.76 bits per heavy atom. The quantitative estimate of drug-likeness (QED) is 0.678. The fourth-order valence-corrected chi connectivity index (χ4v) is 4.00. The number of likely N-dealkylation sites (tertiary alicyclic amines) is 1. The first-order valence-electron chi connectivity index (χ1n) is 11.4. The van der Waals surface area contributed by atoms with E-state index in [9.17, 15) is 9.59 Å². The maximum atomic E-state index is 12.9. The molecule has 0 bridgehead atoms. The topological polar surface area (TPSA) is 82.0 Å². The van der Waals surface area contributed by atoms with Crippen molar-refractivity contribution >= 4 is 12.0 Å². The van der Waals surface area contributed by atoms with Crippen LogP contribution in [0.25, 0.3) is 0 Å². The van der Waals surface area contributed by atoms with E-state index in [1.807, 2.05) is 61.9 Å². The summed E-state index contributed by atoms with van der Waals surface area (Å²) in [5.74, 6) is 1.25. The van der Waals surface area contributed by atoms with Crippen molar-refractivity contribution in [2.75, 3.05) is 33.9 Å². The highest BCUT2D eigenvalue weighted by molar-refractivity contribution is 5.92. The predicted octanol–water partition coefficient (Wildman–Crippen LogP) is 4.05. The normalized spacial score (nSPS) is 14.6. The van der Waals surface area contributed by atoms with E-state index in [1.54, 1.807) is 19.1 Å². The van der Waals surface area contributed by atoms with Crippen LogP contribution >= 0.6 is 0 Å². The number of ether oxygens (including phenoxy) is 3. The van der Waals surface area contributed by atoms with Gasteiger partial charge in [0, 0.05) is 31.9 Å². The van der Waals surface area contributed by atoms with Gasteiger partial charge in [0.2, 0.25) is 0 Å². The highest BCUT2D eigenvalue weighted by Gasteiger charge is 2.28. The van der Waals surface area contributed by atoms with E-state index in [0.29, 0.717) is 43.2 Å². The van der Waals surface area contributed by atoms with Crippen LogP contribution in [0.4, 0.5) is 4.79 Å². The van der Waals surface area contributed by atoms with E-state index in [2.05, 4.69) is 5.32 Å². The molecule has 0 saturated carbocycles. The molecule has 2 heterocycles. The van der Waals surface area contributed by atoms with Gasteiger partial charge in [-0.05, 0) is 69.9 Å². The second-order valence-corrected chi connectivity index (χ2v) is 9.19. The molecule has 1 aromatic carbocycles. The largest absolute Gasteiger partial charge is 0.493 e. The minimum absolute atomic E-state index is 0.102. The van der Waals surface area contributed by atoms with Gasteiger partial charge < -0.3 is 29.0 Å². The minimum Gasteiger partial charge on any atom is -0.493 e. The van der Waals surface area contributed by atoms with Crippen LogP contribution in [0.15, 0.2) is 36.5 Å². The summed E-state index contributed by atoms with van der Waals surface area (Å²) in [7, 11) is 3.21. The van der Waals surface area contributed by atoms with E-state index in [4.69, 9.17) is 14.2 Å². The van der Waals surface area contributed by atoms with Crippen LogP contribution in [0.5, 0.6) is 11.5 Å². The third kappa shape index (κ3) is 6.43. The smallest absolute Gasteiger partial charge is 0.410 e. The van der Waals surface area contributed by atoms with E-state index in [1.165, 1.54) is 0 Å². The summed E-state index contributed by atoms with van der Waals surface area (Å²) in [6.07, 6.45) is 3.90. The number of carbonyl (C=O) groups is 2. The predicted molar refractivity (Wildman–Crippen MR) is 126 cm³/mol. The molecule has 1 N–H and O–H groups in total. The monoisotopic (exact) mass is 457 g/mol. The van der Waals surface area contributed by atoms with Crippen LogP contribution in [-0.2, 0) is 11.2 Å². The van der Waals surface area contributed by atoms with Crippen molar-refractivity contribution in [3.05, 3.63) is 47.8 Å². The number of hydrogen-bond acceptors (Lipinski definition) is 5. The summed E-state index contributed by atoms with van der Waals surface area (Å²) >= 11 is 0. The van der Waals surface area contributed by atoms with Gasteiger partial charge in [-0.2, -0.15) is 0 Å². The van der Waals surface area contributed by atoms with Gasteiger partial charge >= 0.3 is 6.09 Å². The Morgan fingerprint density at radius 3 is 2.39 bits per heavy atom. The number of benzene rings is 1.